The van der Waals surface area contributed by atoms with Crippen LogP contribution in [0.4, 0.5) is 5.69 Å². The molecule has 3 aromatic rings. The van der Waals surface area contributed by atoms with E-state index in [0.717, 1.165) is 0 Å². The lowest BCUT2D eigenvalue weighted by Crippen LogP contribution is -2.28. The third-order valence-corrected chi connectivity index (χ3v) is 5.93. The number of ether oxygens (including phenoxy) is 1. The minimum absolute atomic E-state index is 0.157. The number of nitrogens with one attached hydrogen (secondary N) is 1. The molecular formula is C15H15N3O4S2. The van der Waals surface area contributed by atoms with E-state index in [2.05, 4.69) is 9.71 Å². The Hall–Kier alpha value is -2.39. The number of hydrogen-bond donors (Lipinski definition) is 1. The molecule has 0 fully saturated rings. The van der Waals surface area contributed by atoms with Gasteiger partial charge in [-0.25, -0.2) is 13.4 Å². The second-order valence-corrected chi connectivity index (χ2v) is 7.59. The maximum Gasteiger partial charge on any atom is 0.279 e. The van der Waals surface area contributed by atoms with E-state index in [1.54, 1.807) is 36.6 Å². The number of sulfonamides is 1. The van der Waals surface area contributed by atoms with Crippen molar-refractivity contribution in [1.29, 1.82) is 0 Å². The molecule has 0 amide bonds. The van der Waals surface area contributed by atoms with Gasteiger partial charge < -0.3 is 4.74 Å². The van der Waals surface area contributed by atoms with Crippen LogP contribution in [-0.4, -0.2) is 24.9 Å². The van der Waals surface area contributed by atoms with Gasteiger partial charge in [0.05, 0.1) is 18.5 Å². The van der Waals surface area contributed by atoms with E-state index in [9.17, 15) is 13.2 Å². The Morgan fingerprint density at radius 1 is 1.25 bits per heavy atom. The molecule has 0 unspecified atom stereocenters. The number of para-hydroxylation sites is 2. The molecule has 0 aliphatic rings. The van der Waals surface area contributed by atoms with E-state index in [-0.39, 0.29) is 16.3 Å². The van der Waals surface area contributed by atoms with Crippen molar-refractivity contribution in [3.05, 3.63) is 51.4 Å². The number of anilines is 1. The summed E-state index contributed by atoms with van der Waals surface area (Å²) >= 11 is 1.29. The Kier molecular flexibility index (Phi) is 4.06. The van der Waals surface area contributed by atoms with Crippen molar-refractivity contribution in [2.75, 3.05) is 11.8 Å². The third kappa shape index (κ3) is 2.65. The zero-order valence-electron chi connectivity index (χ0n) is 13.2. The van der Waals surface area contributed by atoms with Crippen LogP contribution < -0.4 is 15.0 Å². The average Bonchev–Trinajstić information content (AvgIpc) is 2.88. The van der Waals surface area contributed by atoms with Gasteiger partial charge in [-0.2, -0.15) is 0 Å². The molecule has 7 nitrogen and oxygen atoms in total. The zero-order chi connectivity index (χ0) is 17.5. The van der Waals surface area contributed by atoms with Crippen LogP contribution >= 0.6 is 11.3 Å². The molecule has 0 saturated carbocycles. The highest BCUT2D eigenvalue weighted by Crippen LogP contribution is 2.26. The second kappa shape index (κ2) is 5.91. The van der Waals surface area contributed by atoms with Gasteiger partial charge in [-0.15, -0.1) is 11.3 Å². The molecule has 2 heterocycles. The van der Waals surface area contributed by atoms with E-state index in [1.807, 2.05) is 0 Å². The maximum atomic E-state index is 12.8. The predicted octanol–water partition coefficient (Wildman–Crippen LogP) is 2.18. The number of benzene rings is 1. The molecule has 1 N–H and O–H groups in total. The maximum absolute atomic E-state index is 12.8. The van der Waals surface area contributed by atoms with Gasteiger partial charge in [-0.3, -0.25) is 13.9 Å². The third-order valence-electron chi connectivity index (χ3n) is 3.49. The minimum atomic E-state index is -4.11. The molecule has 0 saturated heterocycles. The van der Waals surface area contributed by atoms with E-state index >= 15 is 0 Å². The van der Waals surface area contributed by atoms with Crippen molar-refractivity contribution < 1.29 is 13.2 Å². The molecule has 0 bridgehead atoms. The fourth-order valence-electron chi connectivity index (χ4n) is 2.40. The van der Waals surface area contributed by atoms with E-state index in [4.69, 9.17) is 4.74 Å². The molecule has 0 atom stereocenters. The van der Waals surface area contributed by atoms with Crippen molar-refractivity contribution in [2.24, 2.45) is 0 Å². The summed E-state index contributed by atoms with van der Waals surface area (Å²) in [6.45, 7) is 3.24. The molecule has 3 rings (SSSR count). The summed E-state index contributed by atoms with van der Waals surface area (Å²) < 4.78 is 34.4. The summed E-state index contributed by atoms with van der Waals surface area (Å²) in [7, 11) is -2.67. The molecule has 2 aromatic heterocycles. The highest BCUT2D eigenvalue weighted by molar-refractivity contribution is 7.92. The Bertz CT molecular complexity index is 1080. The normalized spacial score (nSPS) is 11.6. The first-order valence-corrected chi connectivity index (χ1v) is 9.34. The molecule has 9 heteroatoms. The fraction of sp³-hybridized carbons (Fsp3) is 0.200. The van der Waals surface area contributed by atoms with Crippen molar-refractivity contribution in [3.8, 4) is 5.75 Å². The lowest BCUT2D eigenvalue weighted by atomic mass is 10.3. The van der Waals surface area contributed by atoms with Crippen LogP contribution in [0.2, 0.25) is 0 Å². The summed E-state index contributed by atoms with van der Waals surface area (Å²) in [5.41, 5.74) is 0.440. The first kappa shape index (κ1) is 16.5. The quantitative estimate of drug-likeness (QED) is 0.765. The molecular weight excluding hydrogens is 350 g/mol. The van der Waals surface area contributed by atoms with Gasteiger partial charge in [0.1, 0.15) is 5.75 Å². The first-order valence-electron chi connectivity index (χ1n) is 6.98. The molecule has 126 valence electrons. The van der Waals surface area contributed by atoms with Crippen molar-refractivity contribution in [1.82, 2.24) is 9.38 Å². The Morgan fingerprint density at radius 3 is 2.67 bits per heavy atom. The number of nitrogens with zero attached hydrogens (tertiary/aromatic N) is 2. The number of rotatable bonds is 4. The average molecular weight is 365 g/mol. The lowest BCUT2D eigenvalue weighted by molar-refractivity contribution is 0.417. The SMILES string of the molecule is COc1ccccc1NS(=O)(=O)c1c(C)nc2scc(C)n2c1=O. The van der Waals surface area contributed by atoms with Gasteiger partial charge >= 0.3 is 0 Å². The van der Waals surface area contributed by atoms with Crippen LogP contribution in [0.5, 0.6) is 5.75 Å². The number of thiazole rings is 1. The Balaban J connectivity index is 2.19. The number of aromatic nitrogens is 2. The Morgan fingerprint density at radius 2 is 1.96 bits per heavy atom. The van der Waals surface area contributed by atoms with Gasteiger partial charge in [0.2, 0.25) is 0 Å². The summed E-state index contributed by atoms with van der Waals surface area (Å²) in [6.07, 6.45) is 0. The standard InChI is InChI=1S/C15H15N3O4S2/c1-9-8-23-15-16-10(2)13(14(19)18(9)15)24(20,21)17-11-6-4-5-7-12(11)22-3/h4-8,17H,1-3H3. The molecule has 1 aromatic carbocycles. The minimum Gasteiger partial charge on any atom is -0.495 e. The van der Waals surface area contributed by atoms with Crippen LogP contribution in [0.1, 0.15) is 11.4 Å². The summed E-state index contributed by atoms with van der Waals surface area (Å²) in [4.78, 5) is 17.0. The summed E-state index contributed by atoms with van der Waals surface area (Å²) in [5.74, 6) is 0.361. The monoisotopic (exact) mass is 365 g/mol. The molecule has 0 radical (unpaired) electrons. The highest BCUT2D eigenvalue weighted by atomic mass is 32.2. The van der Waals surface area contributed by atoms with Gasteiger partial charge in [-0.05, 0) is 26.0 Å². The van der Waals surface area contributed by atoms with Crippen LogP contribution in [0, 0.1) is 13.8 Å². The topological polar surface area (TPSA) is 89.8 Å². The van der Waals surface area contributed by atoms with Gasteiger partial charge in [0.15, 0.2) is 9.86 Å². The number of methoxy groups -OCH3 is 1. The van der Waals surface area contributed by atoms with E-state index < -0.39 is 15.6 Å². The highest BCUT2D eigenvalue weighted by Gasteiger charge is 2.25. The number of aryl methyl sites for hydroxylation is 2. The van der Waals surface area contributed by atoms with Crippen molar-refractivity contribution >= 4 is 32.0 Å². The largest absolute Gasteiger partial charge is 0.495 e. The van der Waals surface area contributed by atoms with E-state index in [1.165, 1.54) is 29.8 Å². The van der Waals surface area contributed by atoms with E-state index in [0.29, 0.717) is 16.4 Å². The molecule has 0 aliphatic carbocycles. The summed E-state index contributed by atoms with van der Waals surface area (Å²) in [5, 5.41) is 1.76. The lowest BCUT2D eigenvalue weighted by Gasteiger charge is -2.12. The van der Waals surface area contributed by atoms with Crippen LogP contribution in [0.3, 0.4) is 0 Å². The fourth-order valence-corrected chi connectivity index (χ4v) is 4.62. The van der Waals surface area contributed by atoms with Crippen molar-refractivity contribution in [2.45, 2.75) is 18.7 Å². The van der Waals surface area contributed by atoms with Gasteiger partial charge in [-0.1, -0.05) is 12.1 Å². The number of fused-ring (bicyclic) bond motifs is 1. The molecule has 24 heavy (non-hydrogen) atoms. The van der Waals surface area contributed by atoms with Gasteiger partial charge in [0.25, 0.3) is 15.6 Å². The molecule has 0 aliphatic heterocycles. The van der Waals surface area contributed by atoms with Gasteiger partial charge in [0, 0.05) is 11.1 Å². The Labute approximate surface area is 142 Å². The predicted molar refractivity (Wildman–Crippen MR) is 92.6 cm³/mol. The second-order valence-electron chi connectivity index (χ2n) is 5.13. The number of hydrogen-bond acceptors (Lipinski definition) is 6. The van der Waals surface area contributed by atoms with Crippen LogP contribution in [0.15, 0.2) is 39.3 Å². The molecule has 0 spiro atoms. The zero-order valence-corrected chi connectivity index (χ0v) is 14.9. The first-order chi connectivity index (χ1) is 11.3. The van der Waals surface area contributed by atoms with Crippen molar-refractivity contribution in [3.63, 3.8) is 0 Å². The summed E-state index contributed by atoms with van der Waals surface area (Å²) in [6, 6.07) is 6.58. The van der Waals surface area contributed by atoms with Crippen LogP contribution in [-0.2, 0) is 10.0 Å². The smallest absolute Gasteiger partial charge is 0.279 e. The van der Waals surface area contributed by atoms with Crippen LogP contribution in [0.25, 0.3) is 4.96 Å².